The van der Waals surface area contributed by atoms with Crippen LogP contribution in [0.15, 0.2) is 121 Å². The van der Waals surface area contributed by atoms with E-state index in [2.05, 4.69) is 135 Å². The third-order valence-corrected chi connectivity index (χ3v) is 8.88. The molecule has 0 fully saturated rings. The predicted molar refractivity (Wildman–Crippen MR) is 162 cm³/mol. The maximum absolute atomic E-state index is 2.49. The summed E-state index contributed by atoms with van der Waals surface area (Å²) in [6.45, 7) is 4.82. The molecule has 0 N–H and O–H groups in total. The molecule has 0 radical (unpaired) electrons. The summed E-state index contributed by atoms with van der Waals surface area (Å²) in [4.78, 5) is 0. The number of benzene rings is 6. The van der Waals surface area contributed by atoms with Crippen LogP contribution in [0.4, 0.5) is 0 Å². The van der Waals surface area contributed by atoms with Crippen molar-refractivity contribution in [1.82, 2.24) is 0 Å². The van der Waals surface area contributed by atoms with Gasteiger partial charge in [0.05, 0.1) is 0 Å². The smallest absolute Gasteiger partial charge is 0.0161 e. The molecule has 180 valence electrons. The van der Waals surface area contributed by atoms with Crippen molar-refractivity contribution in [2.75, 3.05) is 0 Å². The minimum Gasteiger partial charge on any atom is -0.0622 e. The van der Waals surface area contributed by atoms with E-state index in [0.29, 0.717) is 0 Å². The van der Waals surface area contributed by atoms with E-state index in [4.69, 9.17) is 0 Å². The SMILES string of the molecule is CC1(C)C2=C(Cc3ccccc32)c2ccc(-c3c4ccccc4c(-c4ccccc4)c4ccccc34)cc21. The number of hydrogen-bond acceptors (Lipinski definition) is 0. The van der Waals surface area contributed by atoms with E-state index in [1.165, 1.54) is 77.2 Å². The lowest BCUT2D eigenvalue weighted by molar-refractivity contribution is 0.704. The summed E-state index contributed by atoms with van der Waals surface area (Å²) in [6, 6.07) is 45.0. The molecule has 0 saturated carbocycles. The van der Waals surface area contributed by atoms with Crippen LogP contribution in [0, 0.1) is 0 Å². The van der Waals surface area contributed by atoms with E-state index in [-0.39, 0.29) is 5.41 Å². The highest BCUT2D eigenvalue weighted by Crippen LogP contribution is 2.57. The zero-order valence-corrected chi connectivity index (χ0v) is 21.8. The molecule has 6 aromatic carbocycles. The Bertz CT molecular complexity index is 1890. The molecule has 0 heteroatoms. The molecular weight excluding hydrogens is 456 g/mol. The van der Waals surface area contributed by atoms with Crippen molar-refractivity contribution in [1.29, 1.82) is 0 Å². The fourth-order valence-electron chi connectivity index (χ4n) is 7.27. The van der Waals surface area contributed by atoms with Gasteiger partial charge in [0.15, 0.2) is 0 Å². The van der Waals surface area contributed by atoms with Gasteiger partial charge < -0.3 is 0 Å². The van der Waals surface area contributed by atoms with Crippen molar-refractivity contribution >= 4 is 32.7 Å². The summed E-state index contributed by atoms with van der Waals surface area (Å²) in [6.07, 6.45) is 1.04. The second-order valence-electron chi connectivity index (χ2n) is 11.3. The van der Waals surface area contributed by atoms with Gasteiger partial charge in [-0.05, 0) is 89.7 Å². The average Bonchev–Trinajstić information content (AvgIpc) is 3.45. The largest absolute Gasteiger partial charge is 0.0622 e. The first-order chi connectivity index (χ1) is 18.6. The topological polar surface area (TPSA) is 0 Å². The Balaban J connectivity index is 1.40. The van der Waals surface area contributed by atoms with E-state index < -0.39 is 0 Å². The van der Waals surface area contributed by atoms with Gasteiger partial charge in [-0.3, -0.25) is 0 Å². The number of fused-ring (bicyclic) bond motifs is 6. The van der Waals surface area contributed by atoms with Crippen LogP contribution in [0.5, 0.6) is 0 Å². The van der Waals surface area contributed by atoms with Crippen LogP contribution in [-0.2, 0) is 11.8 Å². The minimum absolute atomic E-state index is 0.0249. The molecular formula is C38H28. The first kappa shape index (κ1) is 21.6. The summed E-state index contributed by atoms with van der Waals surface area (Å²) >= 11 is 0. The molecule has 0 nitrogen and oxygen atoms in total. The van der Waals surface area contributed by atoms with Gasteiger partial charge in [0.25, 0.3) is 0 Å². The van der Waals surface area contributed by atoms with Crippen LogP contribution >= 0.6 is 0 Å². The number of allylic oxidation sites excluding steroid dienone is 2. The van der Waals surface area contributed by atoms with Crippen molar-refractivity contribution in [3.05, 3.63) is 144 Å². The molecule has 2 aliphatic carbocycles. The van der Waals surface area contributed by atoms with E-state index in [1.807, 2.05) is 0 Å². The lowest BCUT2D eigenvalue weighted by Gasteiger charge is -2.26. The summed E-state index contributed by atoms with van der Waals surface area (Å²) in [5.74, 6) is 0. The van der Waals surface area contributed by atoms with Crippen LogP contribution in [0.3, 0.4) is 0 Å². The van der Waals surface area contributed by atoms with E-state index in [1.54, 1.807) is 0 Å². The standard InChI is InChI=1S/C38H28/c1-38(2)34-23-26(20-21-28(34)33-22-25-14-6-7-15-27(25)37(33)38)36-31-18-10-8-16-29(31)35(24-12-4-3-5-13-24)30-17-9-11-19-32(30)36/h3-21,23H,22H2,1-2H3. The molecule has 0 saturated heterocycles. The van der Waals surface area contributed by atoms with Gasteiger partial charge in [0.2, 0.25) is 0 Å². The van der Waals surface area contributed by atoms with Gasteiger partial charge in [-0.2, -0.15) is 0 Å². The van der Waals surface area contributed by atoms with Crippen LogP contribution in [0.25, 0.3) is 54.9 Å². The van der Waals surface area contributed by atoms with Crippen molar-refractivity contribution < 1.29 is 0 Å². The molecule has 6 aromatic rings. The quantitative estimate of drug-likeness (QED) is 0.214. The fraction of sp³-hybridized carbons (Fsp3) is 0.105. The average molecular weight is 485 g/mol. The Labute approximate surface area is 223 Å². The maximum Gasteiger partial charge on any atom is 0.0161 e. The second-order valence-corrected chi connectivity index (χ2v) is 11.3. The molecule has 38 heavy (non-hydrogen) atoms. The molecule has 8 rings (SSSR count). The summed E-state index contributed by atoms with van der Waals surface area (Å²) in [5.41, 5.74) is 14.0. The van der Waals surface area contributed by atoms with Crippen LogP contribution in [0.2, 0.25) is 0 Å². The molecule has 0 aromatic heterocycles. The summed E-state index contributed by atoms with van der Waals surface area (Å²) in [7, 11) is 0. The van der Waals surface area contributed by atoms with Crippen molar-refractivity contribution in [2.45, 2.75) is 25.7 Å². The summed E-state index contributed by atoms with van der Waals surface area (Å²) < 4.78 is 0. The predicted octanol–water partition coefficient (Wildman–Crippen LogP) is 10.1. The lowest BCUT2D eigenvalue weighted by atomic mass is 9.77. The van der Waals surface area contributed by atoms with E-state index in [0.717, 1.165) is 6.42 Å². The molecule has 0 spiro atoms. The van der Waals surface area contributed by atoms with Gasteiger partial charge in [-0.25, -0.2) is 0 Å². The van der Waals surface area contributed by atoms with E-state index >= 15 is 0 Å². The molecule has 0 bridgehead atoms. The van der Waals surface area contributed by atoms with Crippen molar-refractivity contribution in [2.24, 2.45) is 0 Å². The highest BCUT2D eigenvalue weighted by molar-refractivity contribution is 6.21. The molecule has 2 aliphatic rings. The first-order valence-corrected chi connectivity index (χ1v) is 13.6. The monoisotopic (exact) mass is 484 g/mol. The highest BCUT2D eigenvalue weighted by atomic mass is 14.4. The minimum atomic E-state index is -0.0249. The fourth-order valence-corrected chi connectivity index (χ4v) is 7.27. The Hall–Kier alpha value is -4.42. The normalized spacial score (nSPS) is 15.1. The third kappa shape index (κ3) is 2.86. The van der Waals surface area contributed by atoms with E-state index in [9.17, 15) is 0 Å². The third-order valence-electron chi connectivity index (χ3n) is 8.88. The van der Waals surface area contributed by atoms with Crippen LogP contribution in [-0.4, -0.2) is 0 Å². The maximum atomic E-state index is 2.49. The van der Waals surface area contributed by atoms with Gasteiger partial charge in [-0.15, -0.1) is 0 Å². The van der Waals surface area contributed by atoms with Crippen LogP contribution < -0.4 is 0 Å². The molecule has 0 aliphatic heterocycles. The Morgan fingerprint density at radius 3 is 1.71 bits per heavy atom. The zero-order valence-electron chi connectivity index (χ0n) is 21.8. The first-order valence-electron chi connectivity index (χ1n) is 13.6. The molecule has 0 atom stereocenters. The Morgan fingerprint density at radius 2 is 1.05 bits per heavy atom. The number of hydrogen-bond donors (Lipinski definition) is 0. The Kier molecular flexibility index (Phi) is 4.44. The van der Waals surface area contributed by atoms with Crippen molar-refractivity contribution in [3.63, 3.8) is 0 Å². The number of rotatable bonds is 2. The van der Waals surface area contributed by atoms with Crippen LogP contribution in [0.1, 0.15) is 36.1 Å². The lowest BCUT2D eigenvalue weighted by Crippen LogP contribution is -2.16. The molecule has 0 heterocycles. The van der Waals surface area contributed by atoms with Gasteiger partial charge in [0.1, 0.15) is 0 Å². The second kappa shape index (κ2) is 7.79. The van der Waals surface area contributed by atoms with Crippen molar-refractivity contribution in [3.8, 4) is 22.3 Å². The van der Waals surface area contributed by atoms with Gasteiger partial charge in [0, 0.05) is 5.41 Å². The zero-order chi connectivity index (χ0) is 25.4. The van der Waals surface area contributed by atoms with Gasteiger partial charge in [-0.1, -0.05) is 129 Å². The van der Waals surface area contributed by atoms with Gasteiger partial charge >= 0.3 is 0 Å². The Morgan fingerprint density at radius 1 is 0.500 bits per heavy atom. The highest BCUT2D eigenvalue weighted by Gasteiger charge is 2.42. The summed E-state index contributed by atoms with van der Waals surface area (Å²) in [5, 5.41) is 5.24. The molecule has 0 unspecified atom stereocenters. The molecule has 0 amide bonds.